The number of amides is 1. The Bertz CT molecular complexity index is 263. The average molecular weight is 277 g/mol. The summed E-state index contributed by atoms with van der Waals surface area (Å²) in [5.41, 5.74) is 0. The Kier molecular flexibility index (Phi) is 6.87. The highest BCUT2D eigenvalue weighted by Crippen LogP contribution is 2.36. The van der Waals surface area contributed by atoms with Gasteiger partial charge in [-0.2, -0.15) is 0 Å². The molecule has 0 aliphatic rings. The first-order chi connectivity index (χ1) is 8.08. The Balaban J connectivity index is 3.67. The van der Waals surface area contributed by atoms with Gasteiger partial charge in [0, 0.05) is 13.6 Å². The van der Waals surface area contributed by atoms with E-state index in [1.54, 1.807) is 0 Å². The zero-order valence-electron chi connectivity index (χ0n) is 12.4. The summed E-state index contributed by atoms with van der Waals surface area (Å²) in [4.78, 5) is 11.7. The lowest BCUT2D eigenvalue weighted by atomic mass is 10.2. The van der Waals surface area contributed by atoms with Gasteiger partial charge in [-0.3, -0.25) is 0 Å². The first kappa shape index (κ1) is 17.4. The van der Waals surface area contributed by atoms with E-state index in [1.165, 1.54) is 11.9 Å². The molecule has 0 aliphatic heterocycles. The Morgan fingerprint density at radius 1 is 1.22 bits per heavy atom. The molecule has 1 N–H and O–H groups in total. The van der Waals surface area contributed by atoms with E-state index in [-0.39, 0.29) is 5.04 Å². The Hall–Kier alpha value is -0.593. The van der Waals surface area contributed by atoms with Crippen LogP contribution < -0.4 is 0 Å². The predicted molar refractivity (Wildman–Crippen MR) is 74.6 cm³/mol. The maximum atomic E-state index is 10.5. The number of nitrogens with zero attached hydrogens (tertiary/aromatic N) is 1. The molecule has 0 rings (SSSR count). The molecule has 0 bridgehead atoms. The lowest BCUT2D eigenvalue weighted by Crippen LogP contribution is -2.41. The van der Waals surface area contributed by atoms with Crippen LogP contribution in [0.5, 0.6) is 0 Å². The van der Waals surface area contributed by atoms with Gasteiger partial charge in [0.25, 0.3) is 0 Å². The lowest BCUT2D eigenvalue weighted by molar-refractivity contribution is 0.0786. The largest absolute Gasteiger partial charge is 0.465 e. The zero-order chi connectivity index (χ0) is 14.4. The average Bonchev–Trinajstić information content (AvgIpc) is 2.20. The van der Waals surface area contributed by atoms with E-state index < -0.39 is 14.4 Å². The molecular formula is C12H27NO4Si. The van der Waals surface area contributed by atoms with Crippen LogP contribution in [-0.2, 0) is 9.16 Å². The summed E-state index contributed by atoms with van der Waals surface area (Å²) in [5, 5.41) is 8.84. The SMILES string of the molecule is CN(CCOCCO[Si](C)(C)C(C)(C)C)C(=O)O. The third-order valence-electron chi connectivity index (χ3n) is 3.39. The van der Waals surface area contributed by atoms with E-state index in [2.05, 4.69) is 33.9 Å². The van der Waals surface area contributed by atoms with Crippen LogP contribution in [0.4, 0.5) is 4.79 Å². The topological polar surface area (TPSA) is 59.0 Å². The van der Waals surface area contributed by atoms with Crippen molar-refractivity contribution in [3.8, 4) is 0 Å². The number of ether oxygens (including phenoxy) is 1. The van der Waals surface area contributed by atoms with E-state index in [1.807, 2.05) is 0 Å². The van der Waals surface area contributed by atoms with Crippen LogP contribution in [0.15, 0.2) is 0 Å². The van der Waals surface area contributed by atoms with Crippen molar-refractivity contribution < 1.29 is 19.1 Å². The van der Waals surface area contributed by atoms with Gasteiger partial charge in [0.2, 0.25) is 0 Å². The molecule has 1 amide bonds. The van der Waals surface area contributed by atoms with Crippen LogP contribution >= 0.6 is 0 Å². The molecule has 0 aromatic rings. The van der Waals surface area contributed by atoms with Gasteiger partial charge < -0.3 is 19.2 Å². The molecule has 0 saturated heterocycles. The molecular weight excluding hydrogens is 250 g/mol. The Morgan fingerprint density at radius 3 is 2.22 bits per heavy atom. The quantitative estimate of drug-likeness (QED) is 0.574. The molecule has 0 heterocycles. The Labute approximate surface area is 111 Å². The highest BCUT2D eigenvalue weighted by Gasteiger charge is 2.36. The summed E-state index contributed by atoms with van der Waals surface area (Å²) in [7, 11) is -0.164. The molecule has 18 heavy (non-hydrogen) atoms. The van der Waals surface area contributed by atoms with Crippen LogP contribution in [-0.4, -0.2) is 57.8 Å². The summed E-state index contributed by atoms with van der Waals surface area (Å²) >= 11 is 0. The molecule has 0 atom stereocenters. The zero-order valence-corrected chi connectivity index (χ0v) is 13.4. The van der Waals surface area contributed by atoms with Gasteiger partial charge in [-0.25, -0.2) is 4.79 Å². The minimum absolute atomic E-state index is 0.205. The van der Waals surface area contributed by atoms with Gasteiger partial charge in [0.05, 0.1) is 19.8 Å². The highest BCUT2D eigenvalue weighted by molar-refractivity contribution is 6.74. The molecule has 0 aliphatic carbocycles. The standard InChI is InChI=1S/C12H27NO4Si/c1-12(2,3)18(5,6)17-10-9-16-8-7-13(4)11(14)15/h7-10H2,1-6H3,(H,14,15). The van der Waals surface area contributed by atoms with E-state index in [0.717, 1.165) is 0 Å². The number of carbonyl (C=O) groups is 1. The molecule has 108 valence electrons. The van der Waals surface area contributed by atoms with Crippen LogP contribution in [0.3, 0.4) is 0 Å². The predicted octanol–water partition coefficient (Wildman–Crippen LogP) is 2.63. The van der Waals surface area contributed by atoms with Crippen molar-refractivity contribution in [1.82, 2.24) is 4.90 Å². The first-order valence-corrected chi connectivity index (χ1v) is 9.14. The minimum Gasteiger partial charge on any atom is -0.465 e. The van der Waals surface area contributed by atoms with Crippen LogP contribution in [0.2, 0.25) is 18.1 Å². The molecule has 0 saturated carbocycles. The van der Waals surface area contributed by atoms with Gasteiger partial charge in [0.15, 0.2) is 8.32 Å². The van der Waals surface area contributed by atoms with Crippen molar-refractivity contribution in [3.63, 3.8) is 0 Å². The van der Waals surface area contributed by atoms with Crippen molar-refractivity contribution in [2.45, 2.75) is 38.9 Å². The van der Waals surface area contributed by atoms with Crippen molar-refractivity contribution in [2.75, 3.05) is 33.4 Å². The normalized spacial score (nSPS) is 12.6. The smallest absolute Gasteiger partial charge is 0.407 e. The van der Waals surface area contributed by atoms with Crippen LogP contribution in [0.25, 0.3) is 0 Å². The molecule has 0 aromatic heterocycles. The maximum absolute atomic E-state index is 10.5. The van der Waals surface area contributed by atoms with E-state index in [0.29, 0.717) is 26.4 Å². The van der Waals surface area contributed by atoms with Gasteiger partial charge >= 0.3 is 6.09 Å². The summed E-state index contributed by atoms with van der Waals surface area (Å²) in [5.74, 6) is 0. The fraction of sp³-hybridized carbons (Fsp3) is 0.917. The van der Waals surface area contributed by atoms with Crippen molar-refractivity contribution >= 4 is 14.4 Å². The molecule has 0 spiro atoms. The fourth-order valence-corrected chi connectivity index (χ4v) is 2.00. The van der Waals surface area contributed by atoms with Crippen LogP contribution in [0, 0.1) is 0 Å². The first-order valence-electron chi connectivity index (χ1n) is 6.23. The number of rotatable bonds is 7. The lowest BCUT2D eigenvalue weighted by Gasteiger charge is -2.36. The van der Waals surface area contributed by atoms with Gasteiger partial charge in [0.1, 0.15) is 0 Å². The van der Waals surface area contributed by atoms with Gasteiger partial charge in [-0.05, 0) is 18.1 Å². The van der Waals surface area contributed by atoms with Gasteiger partial charge in [-0.1, -0.05) is 20.8 Å². The van der Waals surface area contributed by atoms with Gasteiger partial charge in [-0.15, -0.1) is 0 Å². The molecule has 6 heteroatoms. The fourth-order valence-electron chi connectivity index (χ4n) is 0.971. The highest BCUT2D eigenvalue weighted by atomic mass is 28.4. The molecule has 0 unspecified atom stereocenters. The summed E-state index contributed by atoms with van der Waals surface area (Å²) in [6.45, 7) is 12.9. The van der Waals surface area contributed by atoms with Crippen LogP contribution in [0.1, 0.15) is 20.8 Å². The van der Waals surface area contributed by atoms with E-state index in [9.17, 15) is 4.79 Å². The van der Waals surface area contributed by atoms with Crippen molar-refractivity contribution in [2.24, 2.45) is 0 Å². The number of hydrogen-bond donors (Lipinski definition) is 1. The van der Waals surface area contributed by atoms with E-state index >= 15 is 0 Å². The number of hydrogen-bond acceptors (Lipinski definition) is 3. The monoisotopic (exact) mass is 277 g/mol. The third kappa shape index (κ3) is 6.37. The molecule has 0 aromatic carbocycles. The summed E-state index contributed by atoms with van der Waals surface area (Å²) in [6.07, 6.45) is -0.934. The second-order valence-corrected chi connectivity index (χ2v) is 10.7. The van der Waals surface area contributed by atoms with E-state index in [4.69, 9.17) is 14.3 Å². The molecule has 5 nitrogen and oxygen atoms in total. The maximum Gasteiger partial charge on any atom is 0.407 e. The number of likely N-dealkylation sites (N-methyl/N-ethyl adjacent to an activating group) is 1. The molecule has 0 radical (unpaired) electrons. The summed E-state index contributed by atoms with van der Waals surface area (Å²) in [6, 6.07) is 0. The van der Waals surface area contributed by atoms with Crippen molar-refractivity contribution in [1.29, 1.82) is 0 Å². The second kappa shape index (κ2) is 7.11. The second-order valence-electron chi connectivity index (χ2n) is 5.93. The minimum atomic E-state index is -1.69. The Morgan fingerprint density at radius 2 is 1.78 bits per heavy atom. The van der Waals surface area contributed by atoms with Crippen molar-refractivity contribution in [3.05, 3.63) is 0 Å². The third-order valence-corrected chi connectivity index (χ3v) is 7.93. The number of carboxylic acid groups (broad SMARTS) is 1. The molecule has 0 fully saturated rings. The summed E-state index contributed by atoms with van der Waals surface area (Å²) < 4.78 is 11.3.